The van der Waals surface area contributed by atoms with E-state index < -0.39 is 14.9 Å². The molecule has 17 heavy (non-hydrogen) atoms. The number of hydrogen-bond donors (Lipinski definition) is 0. The Labute approximate surface area is 99.1 Å². The normalized spacial score (nSPS) is 22.1. The van der Waals surface area contributed by atoms with Crippen LogP contribution in [0, 0.1) is 10.1 Å². The molecule has 0 bridgehead atoms. The Hall–Kier alpha value is -1.47. The van der Waals surface area contributed by atoms with Crippen molar-refractivity contribution in [2.75, 3.05) is 6.54 Å². The van der Waals surface area contributed by atoms with Gasteiger partial charge >= 0.3 is 0 Å². The van der Waals surface area contributed by atoms with Crippen LogP contribution in [0.25, 0.3) is 0 Å². The molecule has 1 aromatic rings. The van der Waals surface area contributed by atoms with Crippen molar-refractivity contribution in [2.45, 2.75) is 24.3 Å². The van der Waals surface area contributed by atoms with E-state index in [-0.39, 0.29) is 16.1 Å². The fourth-order valence-corrected chi connectivity index (χ4v) is 3.46. The van der Waals surface area contributed by atoms with Crippen LogP contribution in [0.1, 0.15) is 13.8 Å². The average molecular weight is 256 g/mol. The number of non-ortho nitro benzene ring substituents is 1. The van der Waals surface area contributed by atoms with Crippen LogP contribution in [0.4, 0.5) is 5.69 Å². The van der Waals surface area contributed by atoms with E-state index in [0.717, 1.165) is 0 Å². The number of sulfonamides is 1. The molecule has 0 spiro atoms. The predicted octanol–water partition coefficient (Wildman–Crippen LogP) is 1.38. The van der Waals surface area contributed by atoms with Gasteiger partial charge in [0.15, 0.2) is 0 Å². The third-order valence-electron chi connectivity index (χ3n) is 2.74. The Morgan fingerprint density at radius 3 is 2.12 bits per heavy atom. The van der Waals surface area contributed by atoms with Gasteiger partial charge in [-0.05, 0) is 26.0 Å². The monoisotopic (exact) mass is 256 g/mol. The SMILES string of the molecule is CC1(C)CN1S(=O)(=O)c1ccc([N+](=O)[O-])cc1. The first kappa shape index (κ1) is 12.0. The second-order valence-corrected chi connectivity index (χ2v) is 6.44. The van der Waals surface area contributed by atoms with E-state index in [1.54, 1.807) is 0 Å². The lowest BCUT2D eigenvalue weighted by Gasteiger charge is -2.08. The van der Waals surface area contributed by atoms with Crippen LogP contribution in [-0.2, 0) is 10.0 Å². The topological polar surface area (TPSA) is 80.3 Å². The van der Waals surface area contributed by atoms with Gasteiger partial charge in [-0.3, -0.25) is 10.1 Å². The molecule has 1 aliphatic rings. The number of nitro groups is 1. The molecule has 1 unspecified atom stereocenters. The van der Waals surface area contributed by atoms with Crippen molar-refractivity contribution in [3.8, 4) is 0 Å². The molecule has 7 heteroatoms. The molecule has 92 valence electrons. The minimum absolute atomic E-state index is 0.0914. The number of hydrogen-bond acceptors (Lipinski definition) is 4. The summed E-state index contributed by atoms with van der Waals surface area (Å²) in [6.45, 7) is 4.14. The molecule has 1 aliphatic heterocycles. The molecule has 1 heterocycles. The van der Waals surface area contributed by atoms with Gasteiger partial charge < -0.3 is 0 Å². The van der Waals surface area contributed by atoms with Crippen LogP contribution in [0.5, 0.6) is 0 Å². The van der Waals surface area contributed by atoms with Gasteiger partial charge in [-0.2, -0.15) is 4.31 Å². The fourth-order valence-electron chi connectivity index (χ4n) is 1.59. The van der Waals surface area contributed by atoms with Gasteiger partial charge in [0.1, 0.15) is 0 Å². The molecule has 0 amide bonds. The highest BCUT2D eigenvalue weighted by Crippen LogP contribution is 2.37. The summed E-state index contributed by atoms with van der Waals surface area (Å²) in [6, 6.07) is 4.93. The van der Waals surface area contributed by atoms with Crippen molar-refractivity contribution < 1.29 is 13.3 Å². The number of nitro benzene ring substituents is 1. The van der Waals surface area contributed by atoms with Gasteiger partial charge in [-0.1, -0.05) is 0 Å². The molecule has 1 aromatic carbocycles. The highest BCUT2D eigenvalue weighted by Gasteiger charge is 2.51. The molecular formula is C10H12N2O4S. The molecule has 1 atom stereocenters. The highest BCUT2D eigenvalue weighted by atomic mass is 32.2. The molecule has 1 fully saturated rings. The minimum atomic E-state index is -3.51. The third kappa shape index (κ3) is 2.03. The predicted molar refractivity (Wildman–Crippen MR) is 61.1 cm³/mol. The lowest BCUT2D eigenvalue weighted by atomic mass is 10.2. The van der Waals surface area contributed by atoms with Gasteiger partial charge in [-0.25, -0.2) is 8.42 Å². The zero-order valence-corrected chi connectivity index (χ0v) is 10.3. The smallest absolute Gasteiger partial charge is 0.258 e. The summed E-state index contributed by atoms with van der Waals surface area (Å²) in [4.78, 5) is 9.99. The zero-order chi connectivity index (χ0) is 12.8. The van der Waals surface area contributed by atoms with Crippen LogP contribution in [0.2, 0.25) is 0 Å². The molecular weight excluding hydrogens is 244 g/mol. The maximum Gasteiger partial charge on any atom is 0.269 e. The summed E-state index contributed by atoms with van der Waals surface area (Å²) in [6.07, 6.45) is 0. The van der Waals surface area contributed by atoms with E-state index in [1.165, 1.54) is 28.6 Å². The van der Waals surface area contributed by atoms with Crippen molar-refractivity contribution >= 4 is 15.7 Å². The van der Waals surface area contributed by atoms with Gasteiger partial charge in [-0.15, -0.1) is 0 Å². The second-order valence-electron chi connectivity index (χ2n) is 4.58. The number of nitrogens with zero attached hydrogens (tertiary/aromatic N) is 2. The van der Waals surface area contributed by atoms with Crippen LogP contribution in [-0.4, -0.2) is 29.7 Å². The van der Waals surface area contributed by atoms with Crippen molar-refractivity contribution in [1.29, 1.82) is 0 Å². The van der Waals surface area contributed by atoms with Crippen molar-refractivity contribution in [3.63, 3.8) is 0 Å². The summed E-state index contributed by atoms with van der Waals surface area (Å²) in [5, 5.41) is 10.5. The minimum Gasteiger partial charge on any atom is -0.258 e. The van der Waals surface area contributed by atoms with E-state index in [0.29, 0.717) is 6.54 Å². The van der Waals surface area contributed by atoms with Gasteiger partial charge in [0.05, 0.1) is 9.82 Å². The molecule has 2 rings (SSSR count). The van der Waals surface area contributed by atoms with Crippen molar-refractivity contribution in [1.82, 2.24) is 4.31 Å². The van der Waals surface area contributed by atoms with E-state index in [1.807, 2.05) is 13.8 Å². The van der Waals surface area contributed by atoms with Gasteiger partial charge in [0, 0.05) is 24.2 Å². The fraction of sp³-hybridized carbons (Fsp3) is 0.400. The Morgan fingerprint density at radius 1 is 1.29 bits per heavy atom. The number of rotatable bonds is 3. The van der Waals surface area contributed by atoms with Gasteiger partial charge in [0.25, 0.3) is 5.69 Å². The van der Waals surface area contributed by atoms with Crippen LogP contribution in [0.15, 0.2) is 29.2 Å². The molecule has 0 radical (unpaired) electrons. The Kier molecular flexibility index (Phi) is 2.48. The van der Waals surface area contributed by atoms with Crippen LogP contribution >= 0.6 is 0 Å². The second kappa shape index (κ2) is 3.51. The Balaban J connectivity index is 2.32. The lowest BCUT2D eigenvalue weighted by molar-refractivity contribution is -0.384. The Bertz CT molecular complexity index is 562. The van der Waals surface area contributed by atoms with Crippen LogP contribution < -0.4 is 0 Å². The summed E-state index contributed by atoms with van der Waals surface area (Å²) in [5.74, 6) is 0. The van der Waals surface area contributed by atoms with Gasteiger partial charge in [0.2, 0.25) is 10.0 Å². The van der Waals surface area contributed by atoms with Crippen molar-refractivity contribution in [2.24, 2.45) is 0 Å². The molecule has 1 saturated heterocycles. The number of benzene rings is 1. The maximum absolute atomic E-state index is 12.0. The largest absolute Gasteiger partial charge is 0.269 e. The third-order valence-corrected chi connectivity index (χ3v) is 4.81. The first-order valence-corrected chi connectivity index (χ1v) is 6.46. The molecule has 0 saturated carbocycles. The van der Waals surface area contributed by atoms with E-state index in [4.69, 9.17) is 0 Å². The molecule has 0 aromatic heterocycles. The zero-order valence-electron chi connectivity index (χ0n) is 9.45. The first-order valence-electron chi connectivity index (χ1n) is 5.02. The molecule has 0 aliphatic carbocycles. The van der Waals surface area contributed by atoms with E-state index >= 15 is 0 Å². The standard InChI is InChI=1S/C10H12N2O4S/c1-10(2)7-11(10)17(15,16)9-5-3-8(4-6-9)12(13)14/h3-6H,7H2,1-2H3. The van der Waals surface area contributed by atoms with Crippen molar-refractivity contribution in [3.05, 3.63) is 34.4 Å². The molecule has 6 nitrogen and oxygen atoms in total. The highest BCUT2D eigenvalue weighted by molar-refractivity contribution is 7.89. The average Bonchev–Trinajstić information content (AvgIpc) is 2.89. The summed E-state index contributed by atoms with van der Waals surface area (Å²) in [5.41, 5.74) is -0.463. The summed E-state index contributed by atoms with van der Waals surface area (Å²) < 4.78 is 25.5. The Morgan fingerprint density at radius 2 is 1.76 bits per heavy atom. The maximum atomic E-state index is 12.0. The first-order chi connectivity index (χ1) is 7.75. The summed E-state index contributed by atoms with van der Waals surface area (Å²) >= 11 is 0. The van der Waals surface area contributed by atoms with E-state index in [2.05, 4.69) is 0 Å². The quantitative estimate of drug-likeness (QED) is 0.465. The van der Waals surface area contributed by atoms with Crippen LogP contribution in [0.3, 0.4) is 0 Å². The van der Waals surface area contributed by atoms with E-state index in [9.17, 15) is 18.5 Å². The lowest BCUT2D eigenvalue weighted by Crippen LogP contribution is -2.18. The molecule has 0 N–H and O–H groups in total. The summed E-state index contributed by atoms with van der Waals surface area (Å²) in [7, 11) is -3.51.